The molecule has 1 aliphatic heterocycles. The Morgan fingerprint density at radius 1 is 1.41 bits per heavy atom. The highest BCUT2D eigenvalue weighted by atomic mass is 16.5. The van der Waals surface area contributed by atoms with Gasteiger partial charge in [0, 0.05) is 23.7 Å². The Labute approximate surface area is 127 Å². The molecule has 6 nitrogen and oxygen atoms in total. The Morgan fingerprint density at radius 2 is 2.23 bits per heavy atom. The standard InChI is InChI=1S/C16H18N2O4/c17-3-1-2-10-6-11-9-22-5-4-18-8-13(16(20)21)15(19)12(7-10)14(11)18/h6-8H,1-5,9,17H2,(H,20,21). The number of hydrogen-bond donors (Lipinski definition) is 2. The largest absolute Gasteiger partial charge is 0.477 e. The van der Waals surface area contributed by atoms with Gasteiger partial charge in [-0.3, -0.25) is 4.79 Å². The number of nitrogens with zero attached hydrogens (tertiary/aromatic N) is 1. The first-order valence-electron chi connectivity index (χ1n) is 7.32. The minimum absolute atomic E-state index is 0.198. The van der Waals surface area contributed by atoms with Gasteiger partial charge in [-0.15, -0.1) is 0 Å². The molecule has 0 atom stereocenters. The molecule has 3 N–H and O–H groups in total. The van der Waals surface area contributed by atoms with Crippen LogP contribution in [-0.2, 0) is 24.3 Å². The van der Waals surface area contributed by atoms with Crippen LogP contribution < -0.4 is 11.2 Å². The van der Waals surface area contributed by atoms with E-state index in [0.29, 0.717) is 31.7 Å². The van der Waals surface area contributed by atoms with Crippen molar-refractivity contribution in [1.29, 1.82) is 0 Å². The van der Waals surface area contributed by atoms with Crippen molar-refractivity contribution in [2.45, 2.75) is 26.0 Å². The van der Waals surface area contributed by atoms with Crippen LogP contribution in [0.4, 0.5) is 0 Å². The number of carboxylic acids is 1. The molecule has 2 heterocycles. The van der Waals surface area contributed by atoms with Crippen LogP contribution in [0.3, 0.4) is 0 Å². The quantitative estimate of drug-likeness (QED) is 0.882. The topological polar surface area (TPSA) is 94.5 Å². The zero-order valence-corrected chi connectivity index (χ0v) is 12.2. The van der Waals surface area contributed by atoms with Gasteiger partial charge in [0.2, 0.25) is 5.43 Å². The number of nitrogens with two attached hydrogens (primary N) is 1. The first kappa shape index (κ1) is 14.7. The van der Waals surface area contributed by atoms with Crippen LogP contribution in [-0.4, -0.2) is 28.8 Å². The maximum Gasteiger partial charge on any atom is 0.341 e. The van der Waals surface area contributed by atoms with Gasteiger partial charge in [0.15, 0.2) is 0 Å². The van der Waals surface area contributed by atoms with E-state index in [1.807, 2.05) is 10.6 Å². The Balaban J connectivity index is 2.31. The molecule has 0 amide bonds. The van der Waals surface area contributed by atoms with Gasteiger partial charge in [0.05, 0.1) is 18.7 Å². The highest BCUT2D eigenvalue weighted by Crippen LogP contribution is 2.23. The minimum atomic E-state index is -1.20. The molecule has 0 spiro atoms. The van der Waals surface area contributed by atoms with E-state index in [0.717, 1.165) is 29.5 Å². The molecule has 0 aliphatic carbocycles. The number of pyridine rings is 1. The molecule has 0 radical (unpaired) electrons. The third-order valence-corrected chi connectivity index (χ3v) is 3.94. The molecule has 0 saturated carbocycles. The number of rotatable bonds is 4. The molecule has 116 valence electrons. The lowest BCUT2D eigenvalue weighted by Crippen LogP contribution is -2.20. The predicted octanol–water partition coefficient (Wildman–Crippen LogP) is 1.12. The molecule has 0 unspecified atom stereocenters. The van der Waals surface area contributed by atoms with E-state index in [1.165, 1.54) is 6.20 Å². The van der Waals surface area contributed by atoms with E-state index in [9.17, 15) is 14.7 Å². The number of carboxylic acid groups (broad SMARTS) is 1. The summed E-state index contributed by atoms with van der Waals surface area (Å²) >= 11 is 0. The van der Waals surface area contributed by atoms with Crippen molar-refractivity contribution >= 4 is 16.9 Å². The number of benzene rings is 1. The molecule has 6 heteroatoms. The van der Waals surface area contributed by atoms with E-state index in [2.05, 4.69) is 0 Å². The van der Waals surface area contributed by atoms with Gasteiger partial charge in [-0.1, -0.05) is 6.07 Å². The summed E-state index contributed by atoms with van der Waals surface area (Å²) in [7, 11) is 0. The monoisotopic (exact) mass is 302 g/mol. The fraction of sp³-hybridized carbons (Fsp3) is 0.375. The lowest BCUT2D eigenvalue weighted by molar-refractivity contribution is 0.0694. The number of hydrogen-bond acceptors (Lipinski definition) is 4. The molecule has 1 aromatic carbocycles. The number of carbonyl (C=O) groups is 1. The maximum absolute atomic E-state index is 12.5. The van der Waals surface area contributed by atoms with Crippen LogP contribution in [0.15, 0.2) is 23.1 Å². The molecule has 0 fully saturated rings. The molecular formula is C16H18N2O4. The van der Waals surface area contributed by atoms with Gasteiger partial charge in [0.1, 0.15) is 5.56 Å². The summed E-state index contributed by atoms with van der Waals surface area (Å²) in [5.41, 5.74) is 7.61. The molecule has 22 heavy (non-hydrogen) atoms. The fourth-order valence-electron chi connectivity index (χ4n) is 2.93. The Morgan fingerprint density at radius 3 is 2.95 bits per heavy atom. The second-order valence-corrected chi connectivity index (χ2v) is 5.47. The SMILES string of the molecule is NCCCc1cc2c3c(c1)c(=O)c(C(=O)O)cn3CCOC2. The smallest absolute Gasteiger partial charge is 0.341 e. The average Bonchev–Trinajstić information content (AvgIpc) is 2.71. The second-order valence-electron chi connectivity index (χ2n) is 5.47. The van der Waals surface area contributed by atoms with Gasteiger partial charge >= 0.3 is 5.97 Å². The summed E-state index contributed by atoms with van der Waals surface area (Å²) in [6, 6.07) is 3.82. The average molecular weight is 302 g/mol. The first-order chi connectivity index (χ1) is 10.6. The summed E-state index contributed by atoms with van der Waals surface area (Å²) in [6.45, 7) is 2.03. The van der Waals surface area contributed by atoms with Crippen molar-refractivity contribution in [3.05, 3.63) is 45.2 Å². The van der Waals surface area contributed by atoms with Crippen LogP contribution in [0.2, 0.25) is 0 Å². The number of aromatic nitrogens is 1. The maximum atomic E-state index is 12.5. The zero-order valence-electron chi connectivity index (χ0n) is 12.2. The van der Waals surface area contributed by atoms with Crippen LogP contribution in [0, 0.1) is 0 Å². The Kier molecular flexibility index (Phi) is 3.96. The van der Waals surface area contributed by atoms with Gasteiger partial charge in [-0.2, -0.15) is 0 Å². The summed E-state index contributed by atoms with van der Waals surface area (Å²) in [5.74, 6) is -1.20. The first-order valence-corrected chi connectivity index (χ1v) is 7.32. The van der Waals surface area contributed by atoms with E-state index < -0.39 is 11.4 Å². The van der Waals surface area contributed by atoms with Gasteiger partial charge in [-0.25, -0.2) is 4.79 Å². The van der Waals surface area contributed by atoms with Crippen LogP contribution in [0.5, 0.6) is 0 Å². The highest BCUT2D eigenvalue weighted by molar-refractivity contribution is 5.93. The fourth-order valence-corrected chi connectivity index (χ4v) is 2.93. The van der Waals surface area contributed by atoms with Crippen molar-refractivity contribution in [2.75, 3.05) is 13.2 Å². The molecule has 0 bridgehead atoms. The third kappa shape index (κ3) is 2.51. The highest BCUT2D eigenvalue weighted by Gasteiger charge is 2.19. The molecule has 1 aliphatic rings. The van der Waals surface area contributed by atoms with Crippen molar-refractivity contribution in [3.63, 3.8) is 0 Å². The van der Waals surface area contributed by atoms with Gasteiger partial charge in [-0.05, 0) is 31.0 Å². The van der Waals surface area contributed by atoms with Crippen molar-refractivity contribution < 1.29 is 14.6 Å². The third-order valence-electron chi connectivity index (χ3n) is 3.94. The molecule has 0 saturated heterocycles. The Hall–Kier alpha value is -2.18. The lowest BCUT2D eigenvalue weighted by Gasteiger charge is -2.13. The van der Waals surface area contributed by atoms with Gasteiger partial charge in [0.25, 0.3) is 0 Å². The Bertz CT molecular complexity index is 795. The number of aromatic carboxylic acids is 1. The number of ether oxygens (including phenoxy) is 1. The second kappa shape index (κ2) is 5.90. The lowest BCUT2D eigenvalue weighted by atomic mass is 10.0. The zero-order chi connectivity index (χ0) is 15.7. The normalized spacial score (nSPS) is 14.0. The summed E-state index contributed by atoms with van der Waals surface area (Å²) < 4.78 is 7.39. The van der Waals surface area contributed by atoms with E-state index in [4.69, 9.17) is 10.5 Å². The molecule has 1 aromatic heterocycles. The number of aryl methyl sites for hydroxylation is 1. The molecule has 2 aromatic rings. The van der Waals surface area contributed by atoms with Crippen molar-refractivity contribution in [3.8, 4) is 0 Å². The van der Waals surface area contributed by atoms with Crippen LogP contribution >= 0.6 is 0 Å². The summed E-state index contributed by atoms with van der Waals surface area (Å²) in [6.07, 6.45) is 3.00. The summed E-state index contributed by atoms with van der Waals surface area (Å²) in [4.78, 5) is 23.8. The predicted molar refractivity (Wildman–Crippen MR) is 82.2 cm³/mol. The van der Waals surface area contributed by atoms with E-state index >= 15 is 0 Å². The minimum Gasteiger partial charge on any atom is -0.477 e. The molecule has 3 rings (SSSR count). The van der Waals surface area contributed by atoms with E-state index in [1.54, 1.807) is 6.07 Å². The summed E-state index contributed by atoms with van der Waals surface area (Å²) in [5, 5.41) is 9.71. The van der Waals surface area contributed by atoms with E-state index in [-0.39, 0.29) is 5.56 Å². The van der Waals surface area contributed by atoms with Crippen molar-refractivity contribution in [1.82, 2.24) is 4.57 Å². The van der Waals surface area contributed by atoms with Crippen molar-refractivity contribution in [2.24, 2.45) is 5.73 Å². The van der Waals surface area contributed by atoms with Crippen LogP contribution in [0.1, 0.15) is 27.9 Å². The van der Waals surface area contributed by atoms with Gasteiger partial charge < -0.3 is 20.1 Å². The molecular weight excluding hydrogens is 284 g/mol. The van der Waals surface area contributed by atoms with Crippen LogP contribution in [0.25, 0.3) is 10.9 Å².